The van der Waals surface area contributed by atoms with Crippen LogP contribution in [0.15, 0.2) is 34.2 Å². The van der Waals surface area contributed by atoms with Crippen molar-refractivity contribution in [2.45, 2.75) is 24.3 Å². The van der Waals surface area contributed by atoms with Crippen LogP contribution in [0.5, 0.6) is 0 Å². The lowest BCUT2D eigenvalue weighted by Gasteiger charge is -2.16. The van der Waals surface area contributed by atoms with E-state index in [1.165, 1.54) is 31.2 Å². The van der Waals surface area contributed by atoms with Crippen LogP contribution in [0.1, 0.15) is 18.4 Å². The third-order valence-electron chi connectivity index (χ3n) is 3.66. The van der Waals surface area contributed by atoms with Gasteiger partial charge in [-0.3, -0.25) is 4.99 Å². The number of nitrogens with zero attached hydrogens (tertiary/aromatic N) is 2. The SMILES string of the molecule is CN=C(NCc1ccccc1S(=O)(=O)N(C)C)NCC1CC1.I. The van der Waals surface area contributed by atoms with Crippen molar-refractivity contribution in [2.75, 3.05) is 27.7 Å². The minimum absolute atomic E-state index is 0. The van der Waals surface area contributed by atoms with Gasteiger partial charge in [0, 0.05) is 34.2 Å². The molecule has 1 aromatic carbocycles. The average Bonchev–Trinajstić information content (AvgIpc) is 3.31. The Bertz CT molecular complexity index is 643. The fraction of sp³-hybridized carbons (Fsp3) is 0.533. The van der Waals surface area contributed by atoms with Crippen LogP contribution in [-0.2, 0) is 16.6 Å². The molecule has 0 spiro atoms. The van der Waals surface area contributed by atoms with E-state index in [1.807, 2.05) is 12.1 Å². The van der Waals surface area contributed by atoms with Gasteiger partial charge in [-0.1, -0.05) is 18.2 Å². The Morgan fingerprint density at radius 3 is 2.48 bits per heavy atom. The van der Waals surface area contributed by atoms with Gasteiger partial charge in [0.1, 0.15) is 0 Å². The van der Waals surface area contributed by atoms with Gasteiger partial charge in [0.2, 0.25) is 10.0 Å². The Kier molecular flexibility index (Phi) is 7.75. The summed E-state index contributed by atoms with van der Waals surface area (Å²) in [6, 6.07) is 7.02. The summed E-state index contributed by atoms with van der Waals surface area (Å²) >= 11 is 0. The van der Waals surface area contributed by atoms with Gasteiger partial charge in [-0.25, -0.2) is 12.7 Å². The number of sulfonamides is 1. The topological polar surface area (TPSA) is 73.8 Å². The van der Waals surface area contributed by atoms with Crippen LogP contribution in [0, 0.1) is 5.92 Å². The molecule has 1 aliphatic rings. The molecule has 2 N–H and O–H groups in total. The van der Waals surface area contributed by atoms with E-state index >= 15 is 0 Å². The first kappa shape index (κ1) is 20.2. The zero-order chi connectivity index (χ0) is 16.2. The van der Waals surface area contributed by atoms with Crippen LogP contribution in [-0.4, -0.2) is 46.4 Å². The average molecular weight is 452 g/mol. The van der Waals surface area contributed by atoms with E-state index in [0.29, 0.717) is 17.4 Å². The van der Waals surface area contributed by atoms with Crippen molar-refractivity contribution in [1.29, 1.82) is 0 Å². The van der Waals surface area contributed by atoms with Crippen molar-refractivity contribution >= 4 is 40.0 Å². The monoisotopic (exact) mass is 452 g/mol. The molecule has 0 bridgehead atoms. The molecule has 1 fully saturated rings. The fourth-order valence-corrected chi connectivity index (χ4v) is 3.18. The number of rotatable bonds is 6. The molecule has 1 aliphatic carbocycles. The van der Waals surface area contributed by atoms with E-state index in [4.69, 9.17) is 0 Å². The summed E-state index contributed by atoms with van der Waals surface area (Å²) in [6.07, 6.45) is 2.54. The van der Waals surface area contributed by atoms with Gasteiger partial charge < -0.3 is 10.6 Å². The van der Waals surface area contributed by atoms with Gasteiger partial charge in [-0.2, -0.15) is 0 Å². The highest BCUT2D eigenvalue weighted by Gasteiger charge is 2.22. The second-order valence-electron chi connectivity index (χ2n) is 5.65. The highest BCUT2D eigenvalue weighted by molar-refractivity contribution is 14.0. The number of guanidine groups is 1. The number of hydrogen-bond donors (Lipinski definition) is 2. The van der Waals surface area contributed by atoms with Crippen LogP contribution < -0.4 is 10.6 Å². The maximum atomic E-state index is 12.3. The first-order valence-electron chi connectivity index (χ1n) is 7.40. The molecule has 2 rings (SSSR count). The van der Waals surface area contributed by atoms with Crippen molar-refractivity contribution in [1.82, 2.24) is 14.9 Å². The van der Waals surface area contributed by atoms with Crippen LogP contribution in [0.3, 0.4) is 0 Å². The first-order chi connectivity index (χ1) is 10.4. The number of aliphatic imine (C=N–C) groups is 1. The molecule has 6 nitrogen and oxygen atoms in total. The van der Waals surface area contributed by atoms with Gasteiger partial charge in [-0.15, -0.1) is 24.0 Å². The Hall–Kier alpha value is -0.870. The Balaban J connectivity index is 0.00000264. The maximum absolute atomic E-state index is 12.3. The lowest BCUT2D eigenvalue weighted by molar-refractivity contribution is 0.519. The summed E-state index contributed by atoms with van der Waals surface area (Å²) in [4.78, 5) is 4.49. The third kappa shape index (κ3) is 5.61. The molecule has 1 saturated carbocycles. The maximum Gasteiger partial charge on any atom is 0.242 e. The Labute approximate surface area is 155 Å². The summed E-state index contributed by atoms with van der Waals surface area (Å²) in [6.45, 7) is 1.32. The second-order valence-corrected chi connectivity index (χ2v) is 7.77. The Morgan fingerprint density at radius 1 is 1.26 bits per heavy atom. The highest BCUT2D eigenvalue weighted by atomic mass is 127. The summed E-state index contributed by atoms with van der Waals surface area (Å²) < 4.78 is 25.9. The van der Waals surface area contributed by atoms with Gasteiger partial charge in [0.25, 0.3) is 0 Å². The first-order valence-corrected chi connectivity index (χ1v) is 8.84. The second kappa shape index (κ2) is 8.84. The minimum atomic E-state index is -3.44. The molecule has 0 amide bonds. The van der Waals surface area contributed by atoms with Crippen LogP contribution in [0.2, 0.25) is 0 Å². The molecule has 130 valence electrons. The van der Waals surface area contributed by atoms with E-state index in [2.05, 4.69) is 15.6 Å². The van der Waals surface area contributed by atoms with E-state index in [9.17, 15) is 8.42 Å². The molecule has 0 radical (unpaired) electrons. The normalized spacial score (nSPS) is 15.2. The van der Waals surface area contributed by atoms with Crippen molar-refractivity contribution in [2.24, 2.45) is 10.9 Å². The van der Waals surface area contributed by atoms with Gasteiger partial charge in [0.05, 0.1) is 4.90 Å². The summed E-state index contributed by atoms with van der Waals surface area (Å²) in [5, 5.41) is 6.44. The molecular formula is C15H25IN4O2S. The molecule has 0 atom stereocenters. The number of nitrogens with one attached hydrogen (secondary N) is 2. The van der Waals surface area contributed by atoms with E-state index < -0.39 is 10.0 Å². The van der Waals surface area contributed by atoms with Crippen molar-refractivity contribution in [3.8, 4) is 0 Å². The fourth-order valence-electron chi connectivity index (χ4n) is 2.06. The minimum Gasteiger partial charge on any atom is -0.356 e. The number of benzene rings is 1. The van der Waals surface area contributed by atoms with E-state index in [-0.39, 0.29) is 24.0 Å². The van der Waals surface area contributed by atoms with E-state index in [0.717, 1.165) is 18.0 Å². The molecule has 0 aliphatic heterocycles. The molecule has 0 unspecified atom stereocenters. The molecule has 23 heavy (non-hydrogen) atoms. The largest absolute Gasteiger partial charge is 0.356 e. The quantitative estimate of drug-likeness (QED) is 0.391. The molecule has 1 aromatic rings. The molecule has 0 aromatic heterocycles. The van der Waals surface area contributed by atoms with Crippen molar-refractivity contribution < 1.29 is 8.42 Å². The predicted octanol–water partition coefficient (Wildman–Crippen LogP) is 1.63. The standard InChI is InChI=1S/C15H24N4O2S.HI/c1-16-15(17-10-12-8-9-12)18-11-13-6-4-5-7-14(13)22(20,21)19(2)3;/h4-7,12H,8-11H2,1-3H3,(H2,16,17,18);1H. The van der Waals surface area contributed by atoms with Gasteiger partial charge >= 0.3 is 0 Å². The van der Waals surface area contributed by atoms with Crippen molar-refractivity contribution in [3.63, 3.8) is 0 Å². The number of halogens is 1. The van der Waals surface area contributed by atoms with Crippen LogP contribution in [0.4, 0.5) is 0 Å². The van der Waals surface area contributed by atoms with Gasteiger partial charge in [-0.05, 0) is 30.4 Å². The summed E-state index contributed by atoms with van der Waals surface area (Å²) in [5.74, 6) is 1.45. The summed E-state index contributed by atoms with van der Waals surface area (Å²) in [5.41, 5.74) is 0.727. The Morgan fingerprint density at radius 2 is 1.91 bits per heavy atom. The zero-order valence-electron chi connectivity index (χ0n) is 13.7. The smallest absolute Gasteiger partial charge is 0.242 e. The molecule has 0 heterocycles. The predicted molar refractivity (Wildman–Crippen MR) is 104 cm³/mol. The lowest BCUT2D eigenvalue weighted by atomic mass is 10.2. The van der Waals surface area contributed by atoms with Crippen molar-refractivity contribution in [3.05, 3.63) is 29.8 Å². The highest BCUT2D eigenvalue weighted by Crippen LogP contribution is 2.27. The summed E-state index contributed by atoms with van der Waals surface area (Å²) in [7, 11) is 1.34. The third-order valence-corrected chi connectivity index (χ3v) is 5.57. The lowest BCUT2D eigenvalue weighted by Crippen LogP contribution is -2.38. The zero-order valence-corrected chi connectivity index (χ0v) is 16.9. The van der Waals surface area contributed by atoms with Crippen LogP contribution >= 0.6 is 24.0 Å². The molecule has 0 saturated heterocycles. The van der Waals surface area contributed by atoms with E-state index in [1.54, 1.807) is 19.2 Å². The van der Waals surface area contributed by atoms with Gasteiger partial charge in [0.15, 0.2) is 5.96 Å². The number of hydrogen-bond acceptors (Lipinski definition) is 3. The molecular weight excluding hydrogens is 427 g/mol. The van der Waals surface area contributed by atoms with Crippen LogP contribution in [0.25, 0.3) is 0 Å². The molecule has 8 heteroatoms.